The summed E-state index contributed by atoms with van der Waals surface area (Å²) < 4.78 is 6.81. The normalized spacial score (nSPS) is 10.4. The van der Waals surface area contributed by atoms with Crippen molar-refractivity contribution in [3.63, 3.8) is 0 Å². The molecule has 0 spiro atoms. The number of aryl methyl sites for hydroxylation is 1. The average Bonchev–Trinajstić information content (AvgIpc) is 2.85. The van der Waals surface area contributed by atoms with Crippen LogP contribution in [-0.2, 0) is 16.0 Å². The van der Waals surface area contributed by atoms with E-state index >= 15 is 0 Å². The summed E-state index contributed by atoms with van der Waals surface area (Å²) in [5.74, 6) is 0.587. The Hall–Kier alpha value is -2.30. The van der Waals surface area contributed by atoms with Gasteiger partial charge in [0.15, 0.2) is 0 Å². The van der Waals surface area contributed by atoms with E-state index in [1.165, 1.54) is 0 Å². The van der Waals surface area contributed by atoms with Gasteiger partial charge in [-0.1, -0.05) is 12.1 Å². The fraction of sp³-hybridized carbons (Fsp3) is 0.286. The molecule has 2 rings (SSSR count). The highest BCUT2D eigenvalue weighted by Crippen LogP contribution is 2.18. The molecule has 0 aliphatic rings. The number of hydrogen-bond donors (Lipinski definition) is 1. The summed E-state index contributed by atoms with van der Waals surface area (Å²) in [4.78, 5) is 15.6. The fourth-order valence-electron chi connectivity index (χ4n) is 1.89. The van der Waals surface area contributed by atoms with E-state index in [0.29, 0.717) is 25.1 Å². The number of esters is 1. The maximum Gasteiger partial charge on any atom is 0.306 e. The summed E-state index contributed by atoms with van der Waals surface area (Å²) >= 11 is 0. The van der Waals surface area contributed by atoms with Gasteiger partial charge in [-0.25, -0.2) is 4.98 Å². The molecular formula is C14H17N3O2. The molecule has 0 bridgehead atoms. The van der Waals surface area contributed by atoms with Gasteiger partial charge in [-0.3, -0.25) is 4.79 Å². The summed E-state index contributed by atoms with van der Waals surface area (Å²) in [6.45, 7) is 2.20. The molecular weight excluding hydrogens is 242 g/mol. The Balaban J connectivity index is 2.14. The summed E-state index contributed by atoms with van der Waals surface area (Å²) in [5, 5.41) is 0. The van der Waals surface area contributed by atoms with Gasteiger partial charge in [0, 0.05) is 18.8 Å². The molecule has 1 heterocycles. The molecule has 0 saturated heterocycles. The van der Waals surface area contributed by atoms with Gasteiger partial charge >= 0.3 is 5.97 Å². The zero-order chi connectivity index (χ0) is 13.7. The Morgan fingerprint density at radius 3 is 2.95 bits per heavy atom. The van der Waals surface area contributed by atoms with Crippen molar-refractivity contribution in [2.45, 2.75) is 19.8 Å². The number of hydrogen-bond acceptors (Lipinski definition) is 4. The van der Waals surface area contributed by atoms with Crippen LogP contribution >= 0.6 is 0 Å². The molecule has 0 amide bonds. The molecule has 0 radical (unpaired) electrons. The van der Waals surface area contributed by atoms with E-state index in [1.54, 1.807) is 13.1 Å². The van der Waals surface area contributed by atoms with E-state index in [9.17, 15) is 4.79 Å². The number of carbonyl (C=O) groups excluding carboxylic acids is 1. The SMILES string of the molecule is CCOC(=O)CCc1nccn1-c1ccccc1N. The third-order valence-electron chi connectivity index (χ3n) is 2.77. The number of nitrogens with zero attached hydrogens (tertiary/aromatic N) is 2. The molecule has 0 saturated carbocycles. The molecule has 5 nitrogen and oxygen atoms in total. The van der Waals surface area contributed by atoms with Crippen LogP contribution in [-0.4, -0.2) is 22.1 Å². The largest absolute Gasteiger partial charge is 0.466 e. The van der Waals surface area contributed by atoms with Crippen molar-refractivity contribution in [3.8, 4) is 5.69 Å². The number of imidazole rings is 1. The van der Waals surface area contributed by atoms with E-state index < -0.39 is 0 Å². The summed E-state index contributed by atoms with van der Waals surface area (Å²) in [6.07, 6.45) is 4.39. The van der Waals surface area contributed by atoms with Crippen molar-refractivity contribution in [2.75, 3.05) is 12.3 Å². The summed E-state index contributed by atoms with van der Waals surface area (Å²) in [7, 11) is 0. The maximum atomic E-state index is 11.4. The van der Waals surface area contributed by atoms with Gasteiger partial charge in [0.2, 0.25) is 0 Å². The monoisotopic (exact) mass is 259 g/mol. The van der Waals surface area contributed by atoms with Crippen molar-refractivity contribution >= 4 is 11.7 Å². The number of nitrogens with two attached hydrogens (primary N) is 1. The Morgan fingerprint density at radius 1 is 1.42 bits per heavy atom. The molecule has 0 aliphatic heterocycles. The fourth-order valence-corrected chi connectivity index (χ4v) is 1.89. The van der Waals surface area contributed by atoms with Crippen LogP contribution in [0.25, 0.3) is 5.69 Å². The zero-order valence-corrected chi connectivity index (χ0v) is 10.9. The first-order chi connectivity index (χ1) is 9.22. The van der Waals surface area contributed by atoms with Crippen LogP contribution in [0.4, 0.5) is 5.69 Å². The minimum absolute atomic E-state index is 0.210. The lowest BCUT2D eigenvalue weighted by atomic mass is 10.2. The third-order valence-corrected chi connectivity index (χ3v) is 2.77. The molecule has 0 fully saturated rings. The van der Waals surface area contributed by atoms with Crippen LogP contribution in [0.15, 0.2) is 36.7 Å². The number of anilines is 1. The van der Waals surface area contributed by atoms with Gasteiger partial charge in [0.1, 0.15) is 5.82 Å². The van der Waals surface area contributed by atoms with E-state index in [-0.39, 0.29) is 5.97 Å². The number of nitrogen functional groups attached to an aromatic ring is 1. The first-order valence-corrected chi connectivity index (χ1v) is 6.25. The lowest BCUT2D eigenvalue weighted by Gasteiger charge is -2.10. The highest BCUT2D eigenvalue weighted by molar-refractivity contribution is 5.69. The van der Waals surface area contributed by atoms with Gasteiger partial charge in [-0.05, 0) is 19.1 Å². The number of ether oxygens (including phenoxy) is 1. The van der Waals surface area contributed by atoms with E-state index in [2.05, 4.69) is 4.98 Å². The standard InChI is InChI=1S/C14H17N3O2/c1-2-19-14(18)8-7-13-16-9-10-17(13)12-6-4-3-5-11(12)15/h3-6,9-10H,2,7-8,15H2,1H3. The van der Waals surface area contributed by atoms with E-state index in [4.69, 9.17) is 10.5 Å². The quantitative estimate of drug-likeness (QED) is 0.658. The lowest BCUT2D eigenvalue weighted by molar-refractivity contribution is -0.143. The summed E-state index contributed by atoms with van der Waals surface area (Å²) in [6, 6.07) is 7.56. The Morgan fingerprint density at radius 2 is 2.21 bits per heavy atom. The van der Waals surface area contributed by atoms with Crippen LogP contribution in [0.2, 0.25) is 0 Å². The second-order valence-electron chi connectivity index (χ2n) is 4.08. The molecule has 100 valence electrons. The lowest BCUT2D eigenvalue weighted by Crippen LogP contribution is -2.09. The number of carbonyl (C=O) groups is 1. The average molecular weight is 259 g/mol. The Kier molecular flexibility index (Phi) is 4.18. The first kappa shape index (κ1) is 13.1. The minimum Gasteiger partial charge on any atom is -0.466 e. The molecule has 1 aromatic heterocycles. The second kappa shape index (κ2) is 6.04. The van der Waals surface area contributed by atoms with Crippen LogP contribution in [0, 0.1) is 0 Å². The van der Waals surface area contributed by atoms with Crippen molar-refractivity contribution < 1.29 is 9.53 Å². The molecule has 0 unspecified atom stereocenters. The van der Waals surface area contributed by atoms with Crippen LogP contribution in [0.1, 0.15) is 19.2 Å². The van der Waals surface area contributed by atoms with Gasteiger partial charge in [-0.15, -0.1) is 0 Å². The molecule has 1 aromatic carbocycles. The maximum absolute atomic E-state index is 11.4. The van der Waals surface area contributed by atoms with Crippen molar-refractivity contribution in [1.82, 2.24) is 9.55 Å². The van der Waals surface area contributed by atoms with Crippen molar-refractivity contribution in [2.24, 2.45) is 0 Å². The second-order valence-corrected chi connectivity index (χ2v) is 4.08. The number of aromatic nitrogens is 2. The molecule has 2 aromatic rings. The van der Waals surface area contributed by atoms with Crippen molar-refractivity contribution in [1.29, 1.82) is 0 Å². The molecule has 19 heavy (non-hydrogen) atoms. The first-order valence-electron chi connectivity index (χ1n) is 6.25. The topological polar surface area (TPSA) is 70.1 Å². The smallest absolute Gasteiger partial charge is 0.306 e. The minimum atomic E-state index is -0.210. The molecule has 2 N–H and O–H groups in total. The van der Waals surface area contributed by atoms with Crippen LogP contribution in [0.5, 0.6) is 0 Å². The Labute approximate surface area is 112 Å². The summed E-state index contributed by atoms with van der Waals surface area (Å²) in [5.41, 5.74) is 7.50. The van der Waals surface area contributed by atoms with Gasteiger partial charge in [0.25, 0.3) is 0 Å². The highest BCUT2D eigenvalue weighted by atomic mass is 16.5. The third kappa shape index (κ3) is 3.13. The van der Waals surface area contributed by atoms with E-state index in [1.807, 2.05) is 35.0 Å². The molecule has 5 heteroatoms. The number of rotatable bonds is 5. The van der Waals surface area contributed by atoms with Gasteiger partial charge in [0.05, 0.1) is 24.4 Å². The number of para-hydroxylation sites is 2. The highest BCUT2D eigenvalue weighted by Gasteiger charge is 2.10. The molecule has 0 atom stereocenters. The number of benzene rings is 1. The van der Waals surface area contributed by atoms with Crippen molar-refractivity contribution in [3.05, 3.63) is 42.5 Å². The molecule has 0 aliphatic carbocycles. The predicted octanol–water partition coefficient (Wildman–Crippen LogP) is 1.95. The van der Waals surface area contributed by atoms with Gasteiger partial charge < -0.3 is 15.0 Å². The predicted molar refractivity (Wildman–Crippen MR) is 72.9 cm³/mol. The van der Waals surface area contributed by atoms with Crippen LogP contribution in [0.3, 0.4) is 0 Å². The zero-order valence-electron chi connectivity index (χ0n) is 10.9. The van der Waals surface area contributed by atoms with Gasteiger partial charge in [-0.2, -0.15) is 0 Å². The van der Waals surface area contributed by atoms with E-state index in [0.717, 1.165) is 11.5 Å². The Bertz CT molecular complexity index is 563. The van der Waals surface area contributed by atoms with Crippen LogP contribution < -0.4 is 5.73 Å².